The van der Waals surface area contributed by atoms with E-state index in [0.29, 0.717) is 0 Å². The maximum absolute atomic E-state index is 12.5. The van der Waals surface area contributed by atoms with E-state index in [1.54, 1.807) is 0 Å². The van der Waals surface area contributed by atoms with Crippen LogP contribution in [0.25, 0.3) is 0 Å². The van der Waals surface area contributed by atoms with Crippen molar-refractivity contribution in [3.8, 4) is 0 Å². The van der Waals surface area contributed by atoms with Gasteiger partial charge in [0.05, 0.1) is 5.75 Å². The second-order valence-electron chi connectivity index (χ2n) is 4.09. The third-order valence-corrected chi connectivity index (χ3v) is 8.79. The first-order chi connectivity index (χ1) is 9.46. The molecule has 0 radical (unpaired) electrons. The molecule has 1 aliphatic rings. The van der Waals surface area contributed by atoms with Crippen LogP contribution in [0.5, 0.6) is 0 Å². The van der Waals surface area contributed by atoms with Crippen LogP contribution in [0, 0.1) is 0 Å². The van der Waals surface area contributed by atoms with Crippen molar-refractivity contribution in [1.82, 2.24) is 3.71 Å². The molecule has 0 aromatic rings. The van der Waals surface area contributed by atoms with E-state index in [9.17, 15) is 51.6 Å². The third-order valence-electron chi connectivity index (χ3n) is 2.59. The van der Waals surface area contributed by atoms with Crippen LogP contribution < -0.4 is 0 Å². The fourth-order valence-electron chi connectivity index (χ4n) is 1.65. The molecule has 0 aliphatic carbocycles. The number of nitrogens with zero attached hydrogens (tertiary/aromatic N) is 1. The van der Waals surface area contributed by atoms with Crippen molar-refractivity contribution in [1.29, 1.82) is 0 Å². The summed E-state index contributed by atoms with van der Waals surface area (Å²) in [5, 5.41) is -2.98. The lowest BCUT2D eigenvalue weighted by atomic mass is 10.3. The Labute approximate surface area is 120 Å². The molecule has 0 N–H and O–H groups in total. The van der Waals surface area contributed by atoms with Gasteiger partial charge < -0.3 is 0 Å². The number of halogens is 6. The molecule has 0 aromatic carbocycles. The lowest BCUT2D eigenvalue weighted by molar-refractivity contribution is -0.0535. The molecule has 0 aromatic heterocycles. The van der Waals surface area contributed by atoms with Crippen LogP contribution in [0.2, 0.25) is 0 Å². The van der Waals surface area contributed by atoms with Gasteiger partial charge in [-0.25, -0.2) is 25.3 Å². The van der Waals surface area contributed by atoms with E-state index in [2.05, 4.69) is 0 Å². The van der Waals surface area contributed by atoms with E-state index < -0.39 is 68.6 Å². The van der Waals surface area contributed by atoms with Crippen molar-refractivity contribution < 1.29 is 51.6 Å². The highest BCUT2D eigenvalue weighted by molar-refractivity contribution is 8.06. The Morgan fingerprint density at radius 1 is 0.864 bits per heavy atom. The predicted molar refractivity (Wildman–Crippen MR) is 58.6 cm³/mol. The Morgan fingerprint density at radius 3 is 1.45 bits per heavy atom. The zero-order valence-corrected chi connectivity index (χ0v) is 12.5. The normalized spacial score (nSPS) is 23.9. The summed E-state index contributed by atoms with van der Waals surface area (Å²) in [6.07, 6.45) is -1.49. The monoisotopic (exact) mass is 399 g/mol. The van der Waals surface area contributed by atoms with Crippen LogP contribution in [0.15, 0.2) is 0 Å². The minimum absolute atomic E-state index is 0.482. The number of alkyl halides is 6. The highest BCUT2D eigenvalue weighted by Gasteiger charge is 2.65. The molecule has 0 saturated carbocycles. The quantitative estimate of drug-likeness (QED) is 0.641. The molecule has 22 heavy (non-hydrogen) atoms. The number of hydrogen-bond donors (Lipinski definition) is 0. The van der Waals surface area contributed by atoms with Gasteiger partial charge in [-0.1, -0.05) is 3.71 Å². The average Bonchev–Trinajstić information content (AvgIpc) is 2.54. The van der Waals surface area contributed by atoms with Crippen LogP contribution in [0.1, 0.15) is 12.8 Å². The molecule has 0 spiro atoms. The average molecular weight is 399 g/mol. The SMILES string of the molecule is O=S1(=O)CCCC1N(S(=O)(=O)C(F)(F)F)S(=O)(=O)C(F)(F)F. The lowest BCUT2D eigenvalue weighted by Crippen LogP contribution is -2.54. The van der Waals surface area contributed by atoms with Gasteiger partial charge in [0.1, 0.15) is 5.37 Å². The predicted octanol–water partition coefficient (Wildman–Crippen LogP) is 0.522. The molecule has 7 nitrogen and oxygen atoms in total. The molecular weight excluding hydrogens is 392 g/mol. The molecule has 1 aliphatic heterocycles. The van der Waals surface area contributed by atoms with Gasteiger partial charge in [-0.05, 0) is 12.8 Å². The topological polar surface area (TPSA) is 106 Å². The smallest absolute Gasteiger partial charge is 0.227 e. The van der Waals surface area contributed by atoms with Crippen molar-refractivity contribution in [3.05, 3.63) is 0 Å². The number of sulfonamides is 2. The fourth-order valence-corrected chi connectivity index (χ4v) is 7.53. The molecule has 1 rings (SSSR count). The molecule has 1 atom stereocenters. The van der Waals surface area contributed by atoms with Crippen LogP contribution in [-0.4, -0.2) is 51.1 Å². The maximum atomic E-state index is 12.5. The van der Waals surface area contributed by atoms with Gasteiger partial charge in [-0.15, -0.1) is 0 Å². The Kier molecular flexibility index (Phi) is 4.60. The molecule has 0 amide bonds. The van der Waals surface area contributed by atoms with E-state index in [0.717, 1.165) is 0 Å². The highest BCUT2D eigenvalue weighted by atomic mass is 32.3. The molecule has 16 heteroatoms. The first-order valence-corrected chi connectivity index (χ1v) is 9.69. The van der Waals surface area contributed by atoms with Crippen LogP contribution in [-0.2, 0) is 29.9 Å². The first-order valence-electron chi connectivity index (χ1n) is 5.10. The molecule has 132 valence electrons. The third kappa shape index (κ3) is 3.05. The van der Waals surface area contributed by atoms with Crippen LogP contribution >= 0.6 is 0 Å². The summed E-state index contributed by atoms with van der Waals surface area (Å²) in [6, 6.07) is 0. The van der Waals surface area contributed by atoms with Crippen LogP contribution in [0.3, 0.4) is 0 Å². The lowest BCUT2D eigenvalue weighted by Gasteiger charge is -2.27. The van der Waals surface area contributed by atoms with Gasteiger partial charge in [0.25, 0.3) is 0 Å². The van der Waals surface area contributed by atoms with E-state index in [1.165, 1.54) is 0 Å². The summed E-state index contributed by atoms with van der Waals surface area (Å²) in [6.45, 7) is 0. The standard InChI is InChI=1S/C6H7F6NO6S3/c7-5(8,9)21(16,17)13(22(18,19)6(10,11)12)4-2-1-3-20(4,14)15/h4H,1-3H2. The molecular formula is C6H7F6NO6S3. The molecule has 0 bridgehead atoms. The second kappa shape index (κ2) is 5.20. The minimum Gasteiger partial charge on any atom is -0.227 e. The van der Waals surface area contributed by atoms with Gasteiger partial charge in [-0.3, -0.25) is 0 Å². The molecule has 1 saturated heterocycles. The second-order valence-corrected chi connectivity index (χ2v) is 10.2. The number of rotatable bonds is 3. The minimum atomic E-state index is -7.09. The van der Waals surface area contributed by atoms with Crippen molar-refractivity contribution in [2.75, 3.05) is 5.75 Å². The number of hydrogen-bond acceptors (Lipinski definition) is 6. The Hall–Kier alpha value is -0.610. The summed E-state index contributed by atoms with van der Waals surface area (Å²) >= 11 is 0. The molecule has 1 unspecified atom stereocenters. The zero-order valence-electron chi connectivity index (χ0n) is 10.1. The summed E-state index contributed by atoms with van der Waals surface area (Å²) < 4.78 is 140. The zero-order chi connectivity index (χ0) is 17.8. The van der Waals surface area contributed by atoms with E-state index >= 15 is 0 Å². The van der Waals surface area contributed by atoms with Crippen molar-refractivity contribution in [2.24, 2.45) is 0 Å². The maximum Gasteiger partial charge on any atom is 0.512 e. The first kappa shape index (κ1) is 19.4. The summed E-state index contributed by atoms with van der Waals surface area (Å²) in [4.78, 5) is 0. The van der Waals surface area contributed by atoms with E-state index in [1.807, 2.05) is 0 Å². The summed E-state index contributed by atoms with van der Waals surface area (Å²) in [7, 11) is -19.0. The Morgan fingerprint density at radius 2 is 1.23 bits per heavy atom. The van der Waals surface area contributed by atoms with Gasteiger partial charge in [-0.2, -0.15) is 26.3 Å². The van der Waals surface area contributed by atoms with Gasteiger partial charge in [0.2, 0.25) is 0 Å². The number of sulfone groups is 1. The van der Waals surface area contributed by atoms with Gasteiger partial charge in [0, 0.05) is 0 Å². The van der Waals surface area contributed by atoms with Crippen molar-refractivity contribution in [2.45, 2.75) is 29.2 Å². The van der Waals surface area contributed by atoms with Crippen LogP contribution in [0.4, 0.5) is 26.3 Å². The van der Waals surface area contributed by atoms with Gasteiger partial charge in [0.15, 0.2) is 9.84 Å². The van der Waals surface area contributed by atoms with Crippen molar-refractivity contribution >= 4 is 29.9 Å². The fraction of sp³-hybridized carbons (Fsp3) is 1.00. The van der Waals surface area contributed by atoms with Crippen molar-refractivity contribution in [3.63, 3.8) is 0 Å². The summed E-state index contributed by atoms with van der Waals surface area (Å²) in [5.74, 6) is -0.936. The molecule has 1 heterocycles. The van der Waals surface area contributed by atoms with E-state index in [-0.39, 0.29) is 0 Å². The Balaban J connectivity index is 3.71. The largest absolute Gasteiger partial charge is 0.512 e. The summed E-state index contributed by atoms with van der Waals surface area (Å²) in [5.41, 5.74) is -12.9. The van der Waals surface area contributed by atoms with Gasteiger partial charge >= 0.3 is 31.1 Å². The van der Waals surface area contributed by atoms with E-state index in [4.69, 9.17) is 0 Å². The highest BCUT2D eigenvalue weighted by Crippen LogP contribution is 2.40. The Bertz CT molecular complexity index is 704. The molecule has 1 fully saturated rings.